The van der Waals surface area contributed by atoms with Crippen LogP contribution in [0.2, 0.25) is 0 Å². The molecule has 0 N–H and O–H groups in total. The molecule has 2 aliphatic rings. The van der Waals surface area contributed by atoms with E-state index in [1.807, 2.05) is 80.1 Å². The van der Waals surface area contributed by atoms with Gasteiger partial charge in [0.05, 0.1) is 37.1 Å². The summed E-state index contributed by atoms with van der Waals surface area (Å²) in [6.45, 7) is 3.79. The highest BCUT2D eigenvalue weighted by Crippen LogP contribution is 2.27. The first-order valence-corrected chi connectivity index (χ1v) is 11.0. The van der Waals surface area contributed by atoms with Crippen LogP contribution in [0.25, 0.3) is 0 Å². The summed E-state index contributed by atoms with van der Waals surface area (Å²) in [5.74, 6) is 0. The van der Waals surface area contributed by atoms with Crippen molar-refractivity contribution in [3.8, 4) is 0 Å². The maximum atomic E-state index is 8.00. The van der Waals surface area contributed by atoms with Gasteiger partial charge in [-0.2, -0.15) is 0 Å². The van der Waals surface area contributed by atoms with Crippen LogP contribution >= 0.6 is 0 Å². The average molecular weight is 447 g/mol. The fraction of sp³-hybridized carbons (Fsp3) is 0.0690. The van der Waals surface area contributed by atoms with Crippen LogP contribution in [0, 0.1) is 0 Å². The number of carbonyl (C=O) groups excluding carboxylic acids is 1. The zero-order chi connectivity index (χ0) is 23.6. The van der Waals surface area contributed by atoms with E-state index in [4.69, 9.17) is 4.79 Å². The number of para-hydroxylation sites is 4. The Morgan fingerprint density at radius 2 is 0.853 bits per heavy atom. The smallest absolute Gasteiger partial charge is 0.106 e. The molecule has 5 heteroatoms. The van der Waals surface area contributed by atoms with E-state index in [0.29, 0.717) is 0 Å². The Kier molecular flexibility index (Phi) is 7.59. The van der Waals surface area contributed by atoms with Crippen molar-refractivity contribution in [1.82, 2.24) is 0 Å². The topological polar surface area (TPSA) is 48.3 Å². The number of hydrogen-bond donors (Lipinski definition) is 0. The van der Waals surface area contributed by atoms with Crippen molar-refractivity contribution in [2.24, 2.45) is 9.98 Å². The molecule has 0 bridgehead atoms. The van der Waals surface area contributed by atoms with Crippen molar-refractivity contribution < 1.29 is 4.79 Å². The van der Waals surface area contributed by atoms with E-state index < -0.39 is 0 Å². The molecule has 2 heterocycles. The molecule has 34 heavy (non-hydrogen) atoms. The molecule has 0 unspecified atom stereocenters. The molecule has 0 saturated heterocycles. The van der Waals surface area contributed by atoms with Gasteiger partial charge in [-0.3, -0.25) is 0 Å². The zero-order valence-electron chi connectivity index (χ0n) is 18.9. The standard InChI is InChI=1S/2C14H12N2.CH2O/c2*1-2-7-13(8-3-1)16-10-12-6-4-5-9-14(12)15-11-16;1-2/h2*1-9,11H,10H2;1H2. The van der Waals surface area contributed by atoms with Gasteiger partial charge in [-0.1, -0.05) is 72.8 Å². The molecule has 0 fully saturated rings. The van der Waals surface area contributed by atoms with E-state index in [0.717, 1.165) is 24.5 Å². The summed E-state index contributed by atoms with van der Waals surface area (Å²) >= 11 is 0. The fourth-order valence-corrected chi connectivity index (χ4v) is 3.81. The van der Waals surface area contributed by atoms with Crippen molar-refractivity contribution in [2.75, 3.05) is 9.80 Å². The molecule has 4 aromatic carbocycles. The summed E-state index contributed by atoms with van der Waals surface area (Å²) in [4.78, 5) is 21.2. The Morgan fingerprint density at radius 3 is 1.26 bits per heavy atom. The van der Waals surface area contributed by atoms with Crippen molar-refractivity contribution in [1.29, 1.82) is 0 Å². The quantitative estimate of drug-likeness (QED) is 0.351. The SMILES string of the molecule is C1=Nc2ccccc2CN1c1ccccc1.C1=Nc2ccccc2CN1c1ccccc1.C=O. The Balaban J connectivity index is 0.000000150. The van der Waals surface area contributed by atoms with Gasteiger partial charge in [-0.05, 0) is 47.5 Å². The van der Waals surface area contributed by atoms with Gasteiger partial charge >= 0.3 is 0 Å². The highest BCUT2D eigenvalue weighted by atomic mass is 16.1. The van der Waals surface area contributed by atoms with Crippen LogP contribution < -0.4 is 9.80 Å². The predicted octanol–water partition coefficient (Wildman–Crippen LogP) is 6.55. The molecule has 0 amide bonds. The van der Waals surface area contributed by atoms with E-state index >= 15 is 0 Å². The monoisotopic (exact) mass is 446 g/mol. The lowest BCUT2D eigenvalue weighted by atomic mass is 10.1. The lowest BCUT2D eigenvalue weighted by molar-refractivity contribution is -0.0979. The van der Waals surface area contributed by atoms with Crippen LogP contribution in [-0.4, -0.2) is 19.5 Å². The normalized spacial score (nSPS) is 12.9. The number of anilines is 2. The number of nitrogens with zero attached hydrogens (tertiary/aromatic N) is 4. The summed E-state index contributed by atoms with van der Waals surface area (Å²) in [5, 5.41) is 0. The molecule has 2 aliphatic heterocycles. The molecule has 0 aromatic heterocycles. The van der Waals surface area contributed by atoms with E-state index in [1.165, 1.54) is 22.5 Å². The number of fused-ring (bicyclic) bond motifs is 2. The Bertz CT molecular complexity index is 1160. The number of carbonyl (C=O) groups is 1. The maximum absolute atomic E-state index is 8.00. The second-order valence-electron chi connectivity index (χ2n) is 7.67. The van der Waals surface area contributed by atoms with Crippen LogP contribution in [0.3, 0.4) is 0 Å². The molecule has 0 radical (unpaired) electrons. The van der Waals surface area contributed by atoms with Gasteiger partial charge < -0.3 is 14.6 Å². The van der Waals surface area contributed by atoms with E-state index in [9.17, 15) is 0 Å². The minimum Gasteiger partial charge on any atom is -0.328 e. The molecular weight excluding hydrogens is 420 g/mol. The third-order valence-corrected chi connectivity index (χ3v) is 5.51. The second kappa shape index (κ2) is 11.4. The third kappa shape index (κ3) is 5.45. The van der Waals surface area contributed by atoms with Crippen molar-refractivity contribution >= 4 is 42.2 Å². The molecule has 0 saturated carbocycles. The van der Waals surface area contributed by atoms with E-state index in [-0.39, 0.29) is 0 Å². The average Bonchev–Trinajstić information content (AvgIpc) is 2.95. The highest BCUT2D eigenvalue weighted by molar-refractivity contribution is 5.84. The number of hydrogen-bond acceptors (Lipinski definition) is 5. The van der Waals surface area contributed by atoms with Crippen molar-refractivity contribution in [3.05, 3.63) is 120 Å². The summed E-state index contributed by atoms with van der Waals surface area (Å²) in [5.41, 5.74) is 7.06. The van der Waals surface area contributed by atoms with Crippen LogP contribution in [0.4, 0.5) is 22.7 Å². The van der Waals surface area contributed by atoms with Gasteiger partial charge in [0.1, 0.15) is 6.79 Å². The van der Waals surface area contributed by atoms with Crippen molar-refractivity contribution in [3.63, 3.8) is 0 Å². The van der Waals surface area contributed by atoms with E-state index in [1.54, 1.807) is 0 Å². The van der Waals surface area contributed by atoms with Gasteiger partial charge in [-0.25, -0.2) is 9.98 Å². The summed E-state index contributed by atoms with van der Waals surface area (Å²) in [6, 6.07) is 37.1. The molecule has 5 nitrogen and oxygen atoms in total. The van der Waals surface area contributed by atoms with Gasteiger partial charge in [0.25, 0.3) is 0 Å². The van der Waals surface area contributed by atoms with Crippen LogP contribution in [0.15, 0.2) is 119 Å². The van der Waals surface area contributed by atoms with Gasteiger partial charge in [0.2, 0.25) is 0 Å². The first-order chi connectivity index (χ1) is 16.9. The number of rotatable bonds is 2. The Morgan fingerprint density at radius 1 is 0.500 bits per heavy atom. The molecule has 4 aromatic rings. The van der Waals surface area contributed by atoms with Crippen LogP contribution in [0.5, 0.6) is 0 Å². The first kappa shape index (κ1) is 22.7. The largest absolute Gasteiger partial charge is 0.328 e. The molecule has 6 rings (SSSR count). The van der Waals surface area contributed by atoms with Crippen LogP contribution in [0.1, 0.15) is 11.1 Å². The molecule has 0 spiro atoms. The summed E-state index contributed by atoms with van der Waals surface area (Å²) in [7, 11) is 0. The Hall–Kier alpha value is -4.51. The molecule has 0 aliphatic carbocycles. The maximum Gasteiger partial charge on any atom is 0.106 e. The fourth-order valence-electron chi connectivity index (χ4n) is 3.81. The predicted molar refractivity (Wildman–Crippen MR) is 142 cm³/mol. The third-order valence-electron chi connectivity index (χ3n) is 5.51. The second-order valence-corrected chi connectivity index (χ2v) is 7.67. The zero-order valence-corrected chi connectivity index (χ0v) is 18.9. The first-order valence-electron chi connectivity index (χ1n) is 11.0. The number of benzene rings is 4. The van der Waals surface area contributed by atoms with Crippen molar-refractivity contribution in [2.45, 2.75) is 13.1 Å². The van der Waals surface area contributed by atoms with Gasteiger partial charge in [0.15, 0.2) is 0 Å². The van der Waals surface area contributed by atoms with Gasteiger partial charge in [0, 0.05) is 11.4 Å². The molecule has 0 atom stereocenters. The Labute approximate surface area is 200 Å². The summed E-state index contributed by atoms with van der Waals surface area (Å²) < 4.78 is 0. The lowest BCUT2D eigenvalue weighted by Gasteiger charge is -2.24. The van der Waals surface area contributed by atoms with E-state index in [2.05, 4.69) is 68.3 Å². The molecular formula is C29H26N4O. The van der Waals surface area contributed by atoms with Gasteiger partial charge in [-0.15, -0.1) is 0 Å². The molecule has 168 valence electrons. The number of aliphatic imine (C=N–C) groups is 2. The summed E-state index contributed by atoms with van der Waals surface area (Å²) in [6.07, 6.45) is 3.80. The lowest BCUT2D eigenvalue weighted by Crippen LogP contribution is -2.22. The highest BCUT2D eigenvalue weighted by Gasteiger charge is 2.12. The minimum atomic E-state index is 0.893. The minimum absolute atomic E-state index is 0.893. The van der Waals surface area contributed by atoms with Crippen LogP contribution in [-0.2, 0) is 17.9 Å².